The zero-order valence-corrected chi connectivity index (χ0v) is 18.3. The second-order valence-corrected chi connectivity index (χ2v) is 7.69. The Kier molecular flexibility index (Phi) is 9.19. The molecule has 162 valence electrons. The van der Waals surface area contributed by atoms with Gasteiger partial charge in [0.2, 0.25) is 0 Å². The average molecular weight is 410 g/mol. The second-order valence-electron chi connectivity index (χ2n) is 7.69. The standard InChI is InChI=1S/C25H35N3O2/c1-21-10-6-7-13-23(21)24-20-28(16-19-30-24)25(26-2)27-15-8-9-17-29-18-14-22-11-4-3-5-12-22/h3-7,10-13,24H,8-9,14-20H2,1-2H3,(H,26,27). The Balaban J connectivity index is 1.33. The van der Waals surface area contributed by atoms with Gasteiger partial charge < -0.3 is 19.7 Å². The van der Waals surface area contributed by atoms with Crippen LogP contribution in [0.1, 0.15) is 35.6 Å². The number of morpholine rings is 1. The Bertz CT molecular complexity index is 779. The summed E-state index contributed by atoms with van der Waals surface area (Å²) in [5.41, 5.74) is 3.88. The molecule has 2 aromatic rings. The average Bonchev–Trinajstić information content (AvgIpc) is 2.79. The van der Waals surface area contributed by atoms with Gasteiger partial charge in [-0.05, 0) is 42.9 Å². The SMILES string of the molecule is CN=C(NCCCCOCCc1ccccc1)N1CCOC(c2ccccc2C)C1. The van der Waals surface area contributed by atoms with E-state index in [4.69, 9.17) is 9.47 Å². The lowest BCUT2D eigenvalue weighted by molar-refractivity contribution is -0.00831. The van der Waals surface area contributed by atoms with E-state index in [1.807, 2.05) is 13.1 Å². The first-order chi connectivity index (χ1) is 14.8. The van der Waals surface area contributed by atoms with Gasteiger partial charge in [0, 0.05) is 26.7 Å². The van der Waals surface area contributed by atoms with E-state index in [2.05, 4.69) is 70.7 Å². The van der Waals surface area contributed by atoms with Crippen molar-refractivity contribution in [1.82, 2.24) is 10.2 Å². The van der Waals surface area contributed by atoms with Gasteiger partial charge in [0.15, 0.2) is 5.96 Å². The third-order valence-electron chi connectivity index (χ3n) is 5.49. The number of hydrogen-bond acceptors (Lipinski definition) is 3. The first-order valence-electron chi connectivity index (χ1n) is 11.0. The predicted molar refractivity (Wildman–Crippen MR) is 123 cm³/mol. The normalized spacial score (nSPS) is 17.2. The summed E-state index contributed by atoms with van der Waals surface area (Å²) in [7, 11) is 1.85. The summed E-state index contributed by atoms with van der Waals surface area (Å²) < 4.78 is 11.8. The molecule has 0 aromatic heterocycles. The van der Waals surface area contributed by atoms with Crippen molar-refractivity contribution in [2.75, 3.05) is 46.5 Å². The molecule has 1 fully saturated rings. The molecule has 0 spiro atoms. The molecule has 1 N–H and O–H groups in total. The summed E-state index contributed by atoms with van der Waals surface area (Å²) in [5.74, 6) is 0.960. The zero-order chi connectivity index (χ0) is 21.0. The van der Waals surface area contributed by atoms with Crippen molar-refractivity contribution in [3.63, 3.8) is 0 Å². The number of nitrogens with zero attached hydrogens (tertiary/aromatic N) is 2. The molecule has 1 unspecified atom stereocenters. The van der Waals surface area contributed by atoms with Gasteiger partial charge in [-0.25, -0.2) is 0 Å². The van der Waals surface area contributed by atoms with E-state index in [1.54, 1.807) is 0 Å². The van der Waals surface area contributed by atoms with E-state index in [0.717, 1.165) is 64.7 Å². The minimum atomic E-state index is 0.0940. The van der Waals surface area contributed by atoms with Crippen LogP contribution in [0.2, 0.25) is 0 Å². The molecule has 1 heterocycles. The van der Waals surface area contributed by atoms with Crippen molar-refractivity contribution in [3.8, 4) is 0 Å². The molecule has 0 radical (unpaired) electrons. The molecule has 1 saturated heterocycles. The smallest absolute Gasteiger partial charge is 0.193 e. The molecular formula is C25H35N3O2. The number of guanidine groups is 1. The highest BCUT2D eigenvalue weighted by Gasteiger charge is 2.24. The van der Waals surface area contributed by atoms with Gasteiger partial charge in [-0.15, -0.1) is 0 Å². The topological polar surface area (TPSA) is 46.1 Å². The van der Waals surface area contributed by atoms with Gasteiger partial charge in [0.25, 0.3) is 0 Å². The zero-order valence-electron chi connectivity index (χ0n) is 18.3. The monoisotopic (exact) mass is 409 g/mol. The van der Waals surface area contributed by atoms with Gasteiger partial charge in [0.1, 0.15) is 6.10 Å². The van der Waals surface area contributed by atoms with Crippen LogP contribution in [0.4, 0.5) is 0 Å². The van der Waals surface area contributed by atoms with Crippen LogP contribution in [0.3, 0.4) is 0 Å². The van der Waals surface area contributed by atoms with Crippen molar-refractivity contribution in [1.29, 1.82) is 0 Å². The van der Waals surface area contributed by atoms with Gasteiger partial charge >= 0.3 is 0 Å². The molecule has 0 amide bonds. The Hall–Kier alpha value is -2.37. The van der Waals surface area contributed by atoms with E-state index >= 15 is 0 Å². The molecule has 1 aliphatic heterocycles. The lowest BCUT2D eigenvalue weighted by Gasteiger charge is -2.35. The van der Waals surface area contributed by atoms with Crippen LogP contribution < -0.4 is 5.32 Å². The maximum Gasteiger partial charge on any atom is 0.193 e. The number of aliphatic imine (C=N–C) groups is 1. The number of rotatable bonds is 9. The third-order valence-corrected chi connectivity index (χ3v) is 5.49. The Morgan fingerprint density at radius 3 is 2.70 bits per heavy atom. The van der Waals surface area contributed by atoms with E-state index in [1.165, 1.54) is 16.7 Å². The second kappa shape index (κ2) is 12.4. The quantitative estimate of drug-likeness (QED) is 0.387. The van der Waals surface area contributed by atoms with Crippen molar-refractivity contribution >= 4 is 5.96 Å². The molecule has 1 aliphatic rings. The van der Waals surface area contributed by atoms with Crippen LogP contribution >= 0.6 is 0 Å². The van der Waals surface area contributed by atoms with E-state index in [9.17, 15) is 0 Å². The number of unbranched alkanes of at least 4 members (excludes halogenated alkanes) is 1. The largest absolute Gasteiger partial charge is 0.381 e. The third kappa shape index (κ3) is 6.85. The molecule has 0 saturated carbocycles. The number of ether oxygens (including phenoxy) is 2. The van der Waals surface area contributed by atoms with Crippen molar-refractivity contribution in [2.24, 2.45) is 4.99 Å². The van der Waals surface area contributed by atoms with Gasteiger partial charge in [-0.3, -0.25) is 4.99 Å². The van der Waals surface area contributed by atoms with Crippen LogP contribution in [0.5, 0.6) is 0 Å². The van der Waals surface area contributed by atoms with Gasteiger partial charge in [-0.2, -0.15) is 0 Å². The number of hydrogen-bond donors (Lipinski definition) is 1. The van der Waals surface area contributed by atoms with Crippen molar-refractivity contribution in [3.05, 3.63) is 71.3 Å². The summed E-state index contributed by atoms with van der Waals surface area (Å²) >= 11 is 0. The Morgan fingerprint density at radius 2 is 1.90 bits per heavy atom. The van der Waals surface area contributed by atoms with Gasteiger partial charge in [-0.1, -0.05) is 54.6 Å². The van der Waals surface area contributed by atoms with E-state index in [0.29, 0.717) is 0 Å². The molecule has 5 heteroatoms. The molecule has 30 heavy (non-hydrogen) atoms. The van der Waals surface area contributed by atoms with Crippen LogP contribution in [-0.2, 0) is 15.9 Å². The number of aryl methyl sites for hydroxylation is 1. The minimum absolute atomic E-state index is 0.0940. The maximum atomic E-state index is 6.04. The molecule has 2 aromatic carbocycles. The van der Waals surface area contributed by atoms with Crippen LogP contribution in [0.15, 0.2) is 59.6 Å². The first-order valence-corrected chi connectivity index (χ1v) is 11.0. The molecule has 0 aliphatic carbocycles. The summed E-state index contributed by atoms with van der Waals surface area (Å²) in [6, 6.07) is 19.0. The highest BCUT2D eigenvalue weighted by atomic mass is 16.5. The highest BCUT2D eigenvalue weighted by molar-refractivity contribution is 5.80. The summed E-state index contributed by atoms with van der Waals surface area (Å²) in [6.07, 6.45) is 3.19. The van der Waals surface area contributed by atoms with Crippen molar-refractivity contribution < 1.29 is 9.47 Å². The minimum Gasteiger partial charge on any atom is -0.381 e. The summed E-state index contributed by atoms with van der Waals surface area (Å²) in [6.45, 7) is 7.05. The maximum absolute atomic E-state index is 6.04. The van der Waals surface area contributed by atoms with Crippen LogP contribution in [-0.4, -0.2) is 57.4 Å². The predicted octanol–water partition coefficient (Wildman–Crippen LogP) is 3.98. The molecule has 0 bridgehead atoms. The van der Waals surface area contributed by atoms with E-state index < -0.39 is 0 Å². The Morgan fingerprint density at radius 1 is 1.10 bits per heavy atom. The fraction of sp³-hybridized carbons (Fsp3) is 0.480. The molecule has 1 atom stereocenters. The van der Waals surface area contributed by atoms with Crippen LogP contribution in [0, 0.1) is 6.92 Å². The van der Waals surface area contributed by atoms with Gasteiger partial charge in [0.05, 0.1) is 19.8 Å². The molecule has 3 rings (SSSR count). The number of nitrogens with one attached hydrogen (secondary N) is 1. The highest BCUT2D eigenvalue weighted by Crippen LogP contribution is 2.24. The molecular weight excluding hydrogens is 374 g/mol. The Labute approximate surface area is 181 Å². The van der Waals surface area contributed by atoms with Crippen molar-refractivity contribution in [2.45, 2.75) is 32.3 Å². The van der Waals surface area contributed by atoms with Crippen LogP contribution in [0.25, 0.3) is 0 Å². The first kappa shape index (κ1) is 22.3. The van der Waals surface area contributed by atoms with E-state index in [-0.39, 0.29) is 6.10 Å². The summed E-state index contributed by atoms with van der Waals surface area (Å²) in [4.78, 5) is 6.79. The fourth-order valence-electron chi connectivity index (χ4n) is 3.78. The lowest BCUT2D eigenvalue weighted by atomic mass is 10.0. The number of benzene rings is 2. The molecule has 5 nitrogen and oxygen atoms in total. The lowest BCUT2D eigenvalue weighted by Crippen LogP contribution is -2.48. The summed E-state index contributed by atoms with van der Waals surface area (Å²) in [5, 5.41) is 3.51. The fourth-order valence-corrected chi connectivity index (χ4v) is 3.78.